The average Bonchev–Trinajstić information content (AvgIpc) is 3.09. The third kappa shape index (κ3) is 7.11. The number of halogens is 3. The van der Waals surface area contributed by atoms with Gasteiger partial charge in [-0.2, -0.15) is 13.2 Å². The Kier molecular flexibility index (Phi) is 8.78. The highest BCUT2D eigenvalue weighted by Gasteiger charge is 2.46. The van der Waals surface area contributed by atoms with Crippen molar-refractivity contribution in [2.24, 2.45) is 5.92 Å². The van der Waals surface area contributed by atoms with Crippen LogP contribution in [0.5, 0.6) is 0 Å². The Morgan fingerprint density at radius 3 is 2.61 bits per heavy atom. The topological polar surface area (TPSA) is 105 Å². The largest absolute Gasteiger partial charge is 0.490 e. The smallest absolute Gasteiger partial charge is 0.475 e. The molecule has 0 aromatic carbocycles. The van der Waals surface area contributed by atoms with Crippen molar-refractivity contribution in [1.82, 2.24) is 19.8 Å². The third-order valence-electron chi connectivity index (χ3n) is 5.30. The van der Waals surface area contributed by atoms with Crippen molar-refractivity contribution in [3.63, 3.8) is 0 Å². The second-order valence-corrected chi connectivity index (χ2v) is 9.06. The Morgan fingerprint density at radius 2 is 2.06 bits per heavy atom. The van der Waals surface area contributed by atoms with Gasteiger partial charge in [-0.25, -0.2) is 4.79 Å². The highest BCUT2D eigenvalue weighted by molar-refractivity contribution is 7.08. The molecular formula is C19H29F3N4O4S. The van der Waals surface area contributed by atoms with Crippen LogP contribution < -0.4 is 5.32 Å². The molecule has 0 bridgehead atoms. The van der Waals surface area contributed by atoms with E-state index in [9.17, 15) is 18.0 Å². The number of carboxylic acids is 1. The van der Waals surface area contributed by atoms with Gasteiger partial charge in [0.25, 0.3) is 5.91 Å². The standard InChI is InChI=1S/C17H28N4O2S.C2HF3O2/c1-12(2)10-21-8-9-23-17(11-21)7-5-4-6-14(17)18-16(22)15-13(3)19-20-24-15;3-2(4,5)1(6)7/h12,14H,4-11H2,1-3H3,(H,18,22);(H,6,7). The zero-order valence-electron chi connectivity index (χ0n) is 17.9. The van der Waals surface area contributed by atoms with Crippen LogP contribution in [0.15, 0.2) is 0 Å². The lowest BCUT2D eigenvalue weighted by Crippen LogP contribution is -2.64. The van der Waals surface area contributed by atoms with Gasteiger partial charge in [-0.3, -0.25) is 9.69 Å². The molecule has 1 aliphatic heterocycles. The van der Waals surface area contributed by atoms with Gasteiger partial charge in [-0.15, -0.1) is 5.10 Å². The molecule has 2 fully saturated rings. The van der Waals surface area contributed by atoms with Crippen LogP contribution in [0.2, 0.25) is 0 Å². The summed E-state index contributed by atoms with van der Waals surface area (Å²) in [5, 5.41) is 14.3. The molecule has 3 rings (SSSR count). The van der Waals surface area contributed by atoms with E-state index in [1.807, 2.05) is 6.92 Å². The normalized spacial score (nSPS) is 24.5. The van der Waals surface area contributed by atoms with Crippen molar-refractivity contribution >= 4 is 23.4 Å². The van der Waals surface area contributed by atoms with Crippen LogP contribution in [0.25, 0.3) is 0 Å². The van der Waals surface area contributed by atoms with Crippen LogP contribution in [-0.2, 0) is 9.53 Å². The zero-order chi connectivity index (χ0) is 23.2. The molecule has 2 heterocycles. The van der Waals surface area contributed by atoms with Crippen molar-refractivity contribution < 1.29 is 32.6 Å². The van der Waals surface area contributed by atoms with Gasteiger partial charge < -0.3 is 15.2 Å². The van der Waals surface area contributed by atoms with Crippen molar-refractivity contribution in [2.75, 3.05) is 26.2 Å². The number of carboxylic acid groups (broad SMARTS) is 1. The molecule has 1 aromatic heterocycles. The number of nitrogens with one attached hydrogen (secondary N) is 1. The summed E-state index contributed by atoms with van der Waals surface area (Å²) in [5.74, 6) is -2.17. The third-order valence-corrected chi connectivity index (χ3v) is 6.12. The molecule has 8 nitrogen and oxygen atoms in total. The fraction of sp³-hybridized carbons (Fsp3) is 0.789. The molecule has 1 spiro atoms. The van der Waals surface area contributed by atoms with Crippen molar-refractivity contribution in [3.05, 3.63) is 10.6 Å². The number of carbonyl (C=O) groups excluding carboxylic acids is 1. The molecule has 31 heavy (non-hydrogen) atoms. The van der Waals surface area contributed by atoms with E-state index in [4.69, 9.17) is 14.6 Å². The van der Waals surface area contributed by atoms with E-state index in [0.29, 0.717) is 16.5 Å². The minimum absolute atomic E-state index is 0.0571. The molecule has 1 amide bonds. The van der Waals surface area contributed by atoms with Crippen molar-refractivity contribution in [2.45, 2.75) is 64.3 Å². The molecule has 0 radical (unpaired) electrons. The number of aryl methyl sites for hydroxylation is 1. The Bertz CT molecular complexity index is 755. The lowest BCUT2D eigenvalue weighted by molar-refractivity contribution is -0.192. The van der Waals surface area contributed by atoms with Gasteiger partial charge in [-0.1, -0.05) is 31.2 Å². The summed E-state index contributed by atoms with van der Waals surface area (Å²) >= 11 is 1.17. The van der Waals surface area contributed by atoms with Crippen LogP contribution in [0.1, 0.15) is 54.9 Å². The summed E-state index contributed by atoms with van der Waals surface area (Å²) in [5.41, 5.74) is 0.459. The van der Waals surface area contributed by atoms with Crippen molar-refractivity contribution in [3.8, 4) is 0 Å². The predicted molar refractivity (Wildman–Crippen MR) is 108 cm³/mol. The van der Waals surface area contributed by atoms with Gasteiger partial charge in [0.05, 0.1) is 18.3 Å². The van der Waals surface area contributed by atoms with E-state index >= 15 is 0 Å². The lowest BCUT2D eigenvalue weighted by Gasteiger charge is -2.50. The fourth-order valence-electron chi connectivity index (χ4n) is 3.99. The van der Waals surface area contributed by atoms with Gasteiger partial charge in [0.15, 0.2) is 0 Å². The first-order chi connectivity index (χ1) is 14.4. The fourth-order valence-corrected chi connectivity index (χ4v) is 4.55. The van der Waals surface area contributed by atoms with E-state index in [2.05, 4.69) is 33.7 Å². The Hall–Kier alpha value is -1.79. The Morgan fingerprint density at radius 1 is 1.39 bits per heavy atom. The molecule has 1 aromatic rings. The SMILES string of the molecule is Cc1nnsc1C(=O)NC1CCCCC12CN(CC(C)C)CCO2.O=C(O)C(F)(F)F. The van der Waals surface area contributed by atoms with E-state index in [1.54, 1.807) is 0 Å². The highest BCUT2D eigenvalue weighted by atomic mass is 32.1. The van der Waals surface area contributed by atoms with Gasteiger partial charge in [-0.05, 0) is 37.2 Å². The minimum atomic E-state index is -5.08. The zero-order valence-corrected chi connectivity index (χ0v) is 18.7. The van der Waals surface area contributed by atoms with Gasteiger partial charge in [0, 0.05) is 19.6 Å². The number of amides is 1. The number of ether oxygens (including phenoxy) is 1. The number of aliphatic carboxylic acids is 1. The number of aromatic nitrogens is 2. The highest BCUT2D eigenvalue weighted by Crippen LogP contribution is 2.35. The van der Waals surface area contributed by atoms with Gasteiger partial charge in [0.1, 0.15) is 10.5 Å². The maximum absolute atomic E-state index is 12.6. The number of morpholine rings is 1. The molecule has 2 atom stereocenters. The van der Waals surface area contributed by atoms with E-state index < -0.39 is 12.1 Å². The summed E-state index contributed by atoms with van der Waals surface area (Å²) in [6.45, 7) is 10.1. The van der Waals surface area contributed by atoms with Crippen LogP contribution in [0, 0.1) is 12.8 Å². The number of rotatable bonds is 4. The molecule has 1 aliphatic carbocycles. The maximum atomic E-state index is 12.6. The summed E-state index contributed by atoms with van der Waals surface area (Å²) in [6.07, 6.45) is -0.776. The van der Waals surface area contributed by atoms with Crippen molar-refractivity contribution in [1.29, 1.82) is 0 Å². The van der Waals surface area contributed by atoms with E-state index in [1.165, 1.54) is 18.0 Å². The van der Waals surface area contributed by atoms with Crippen LogP contribution in [0.3, 0.4) is 0 Å². The molecule has 176 valence electrons. The summed E-state index contributed by atoms with van der Waals surface area (Å²) in [7, 11) is 0. The molecule has 1 saturated carbocycles. The van der Waals surface area contributed by atoms with Gasteiger partial charge >= 0.3 is 12.1 Å². The van der Waals surface area contributed by atoms with E-state index in [0.717, 1.165) is 45.5 Å². The minimum Gasteiger partial charge on any atom is -0.475 e. The predicted octanol–water partition coefficient (Wildman–Crippen LogP) is 2.88. The number of carbonyl (C=O) groups is 2. The second-order valence-electron chi connectivity index (χ2n) is 8.30. The summed E-state index contributed by atoms with van der Waals surface area (Å²) in [6, 6.07) is 0.0650. The molecule has 1 saturated heterocycles. The first-order valence-corrected chi connectivity index (χ1v) is 11.0. The molecule has 12 heteroatoms. The molecular weight excluding hydrogens is 437 g/mol. The number of nitrogens with zero attached hydrogens (tertiary/aromatic N) is 3. The quantitative estimate of drug-likeness (QED) is 0.703. The Labute approximate surface area is 183 Å². The van der Waals surface area contributed by atoms with E-state index in [-0.39, 0.29) is 17.6 Å². The number of hydrogen-bond donors (Lipinski definition) is 2. The lowest BCUT2D eigenvalue weighted by atomic mass is 9.78. The first kappa shape index (κ1) is 25.5. The monoisotopic (exact) mass is 466 g/mol. The van der Waals surface area contributed by atoms with Gasteiger partial charge in [0.2, 0.25) is 0 Å². The number of hydrogen-bond acceptors (Lipinski definition) is 7. The van der Waals surface area contributed by atoms with Crippen LogP contribution >= 0.6 is 11.5 Å². The molecule has 2 unspecified atom stereocenters. The molecule has 2 aliphatic rings. The number of alkyl halides is 3. The Balaban J connectivity index is 0.000000423. The first-order valence-electron chi connectivity index (χ1n) is 10.2. The second kappa shape index (κ2) is 10.7. The average molecular weight is 467 g/mol. The van der Waals surface area contributed by atoms with Crippen LogP contribution in [0.4, 0.5) is 13.2 Å². The van der Waals surface area contributed by atoms with Crippen LogP contribution in [-0.4, -0.2) is 75.5 Å². The summed E-state index contributed by atoms with van der Waals surface area (Å²) < 4.78 is 41.9. The maximum Gasteiger partial charge on any atom is 0.490 e. The summed E-state index contributed by atoms with van der Waals surface area (Å²) in [4.78, 5) is 24.6. The molecule has 2 N–H and O–H groups in total.